The SMILES string of the molecule is O=S1C2=C3N=c4ccccc4=CN3NN=C2c2cccnc21. The van der Waals surface area contributed by atoms with Crippen molar-refractivity contribution >= 4 is 22.7 Å². The number of allylic oxidation sites excluding steroid dienone is 1. The molecule has 0 radical (unpaired) electrons. The first-order valence-corrected chi connectivity index (χ1v) is 7.88. The normalized spacial score (nSPS) is 20.6. The zero-order valence-corrected chi connectivity index (χ0v) is 12.0. The summed E-state index contributed by atoms with van der Waals surface area (Å²) < 4.78 is 12.8. The lowest BCUT2D eigenvalue weighted by Crippen LogP contribution is -2.42. The summed E-state index contributed by atoms with van der Waals surface area (Å²) in [7, 11) is -1.37. The van der Waals surface area contributed by atoms with Crippen molar-refractivity contribution < 1.29 is 4.21 Å². The van der Waals surface area contributed by atoms with Gasteiger partial charge in [-0.05, 0) is 18.2 Å². The van der Waals surface area contributed by atoms with E-state index in [0.717, 1.165) is 16.1 Å². The first-order valence-electron chi connectivity index (χ1n) is 6.73. The third-order valence-electron chi connectivity index (χ3n) is 3.73. The molecular weight excluding hydrogens is 298 g/mol. The maximum absolute atomic E-state index is 12.8. The lowest BCUT2D eigenvalue weighted by atomic mass is 10.1. The number of nitrogens with zero attached hydrogens (tertiary/aromatic N) is 4. The van der Waals surface area contributed by atoms with Crippen LogP contribution in [0.4, 0.5) is 0 Å². The van der Waals surface area contributed by atoms with Gasteiger partial charge in [-0.15, -0.1) is 0 Å². The van der Waals surface area contributed by atoms with Gasteiger partial charge >= 0.3 is 0 Å². The average Bonchev–Trinajstić information content (AvgIpc) is 2.87. The van der Waals surface area contributed by atoms with Crippen LogP contribution in [0.15, 0.2) is 68.4 Å². The zero-order chi connectivity index (χ0) is 14.7. The number of nitrogens with one attached hydrogen (secondary N) is 1. The number of hydrazone groups is 1. The van der Waals surface area contributed by atoms with Gasteiger partial charge in [0.25, 0.3) is 0 Å². The van der Waals surface area contributed by atoms with Gasteiger partial charge in [0, 0.05) is 23.2 Å². The molecule has 0 saturated heterocycles. The molecule has 106 valence electrons. The predicted molar refractivity (Wildman–Crippen MR) is 80.9 cm³/mol. The molecule has 0 amide bonds. The summed E-state index contributed by atoms with van der Waals surface area (Å²) in [6.07, 6.45) is 3.54. The molecule has 3 aliphatic rings. The summed E-state index contributed by atoms with van der Waals surface area (Å²) in [5.41, 5.74) is 4.40. The van der Waals surface area contributed by atoms with E-state index >= 15 is 0 Å². The van der Waals surface area contributed by atoms with Crippen molar-refractivity contribution in [2.45, 2.75) is 5.03 Å². The van der Waals surface area contributed by atoms with Crippen molar-refractivity contribution in [2.75, 3.05) is 0 Å². The molecule has 4 heterocycles. The van der Waals surface area contributed by atoms with Gasteiger partial charge in [0.2, 0.25) is 0 Å². The van der Waals surface area contributed by atoms with Crippen LogP contribution in [0.25, 0.3) is 6.20 Å². The Labute approximate surface area is 127 Å². The van der Waals surface area contributed by atoms with E-state index in [2.05, 4.69) is 20.6 Å². The maximum atomic E-state index is 12.8. The fourth-order valence-corrected chi connectivity index (χ4v) is 4.09. The minimum Gasteiger partial charge on any atom is -0.247 e. The largest absolute Gasteiger partial charge is 0.247 e. The number of aromatic nitrogens is 1. The molecule has 1 unspecified atom stereocenters. The van der Waals surface area contributed by atoms with Crippen LogP contribution in [0, 0.1) is 0 Å². The number of rotatable bonds is 0. The molecule has 5 rings (SSSR count). The van der Waals surface area contributed by atoms with Gasteiger partial charge in [-0.2, -0.15) is 5.10 Å². The molecule has 0 aliphatic carbocycles. The molecule has 1 aromatic heterocycles. The highest BCUT2D eigenvalue weighted by Gasteiger charge is 2.38. The monoisotopic (exact) mass is 307 g/mol. The third-order valence-corrected chi connectivity index (χ3v) is 5.16. The first-order chi connectivity index (χ1) is 10.8. The van der Waals surface area contributed by atoms with Gasteiger partial charge in [-0.1, -0.05) is 18.2 Å². The van der Waals surface area contributed by atoms with Crippen molar-refractivity contribution in [1.82, 2.24) is 15.5 Å². The molecule has 0 bridgehead atoms. The van der Waals surface area contributed by atoms with Crippen molar-refractivity contribution in [3.63, 3.8) is 0 Å². The van der Waals surface area contributed by atoms with Crippen LogP contribution in [0.1, 0.15) is 5.56 Å². The van der Waals surface area contributed by atoms with E-state index in [0.29, 0.717) is 21.5 Å². The molecule has 1 atom stereocenters. The van der Waals surface area contributed by atoms with Crippen molar-refractivity contribution in [2.24, 2.45) is 10.1 Å². The molecule has 1 N–H and O–H groups in total. The van der Waals surface area contributed by atoms with Crippen LogP contribution >= 0.6 is 0 Å². The fraction of sp³-hybridized carbons (Fsp3) is 0. The van der Waals surface area contributed by atoms with E-state index < -0.39 is 10.8 Å². The molecule has 6 nitrogen and oxygen atoms in total. The van der Waals surface area contributed by atoms with Gasteiger partial charge in [-0.3, -0.25) is 0 Å². The summed E-state index contributed by atoms with van der Waals surface area (Å²) >= 11 is 0. The molecule has 3 aliphatic heterocycles. The average molecular weight is 307 g/mol. The second kappa shape index (κ2) is 4.11. The van der Waals surface area contributed by atoms with Crippen LogP contribution in [-0.4, -0.2) is 19.9 Å². The number of fused-ring (bicyclic) bond motifs is 5. The Balaban J connectivity index is 1.83. The van der Waals surface area contributed by atoms with E-state index in [4.69, 9.17) is 0 Å². The van der Waals surface area contributed by atoms with Gasteiger partial charge in [-0.25, -0.2) is 24.7 Å². The Morgan fingerprint density at radius 3 is 3.00 bits per heavy atom. The second-order valence-corrected chi connectivity index (χ2v) is 6.34. The van der Waals surface area contributed by atoms with Crippen LogP contribution < -0.4 is 16.1 Å². The number of para-hydroxylation sites is 1. The Morgan fingerprint density at radius 2 is 2.05 bits per heavy atom. The first kappa shape index (κ1) is 11.8. The Hall–Kier alpha value is -2.80. The van der Waals surface area contributed by atoms with Gasteiger partial charge in [0.05, 0.1) is 5.36 Å². The minimum absolute atomic E-state index is 0.543. The molecule has 0 spiro atoms. The van der Waals surface area contributed by atoms with E-state index in [1.807, 2.05) is 42.6 Å². The zero-order valence-electron chi connectivity index (χ0n) is 11.2. The van der Waals surface area contributed by atoms with Gasteiger partial charge < -0.3 is 0 Å². The fourth-order valence-electron chi connectivity index (χ4n) is 2.73. The smallest absolute Gasteiger partial charge is 0.172 e. The number of hydrazine groups is 1. The number of hydrogen-bond donors (Lipinski definition) is 1. The highest BCUT2D eigenvalue weighted by molar-refractivity contribution is 7.90. The minimum atomic E-state index is -1.37. The number of pyridine rings is 1. The van der Waals surface area contributed by atoms with Gasteiger partial charge in [0.1, 0.15) is 26.4 Å². The maximum Gasteiger partial charge on any atom is 0.172 e. The quantitative estimate of drug-likeness (QED) is 0.742. The number of hydrogen-bond acceptors (Lipinski definition) is 6. The lowest BCUT2D eigenvalue weighted by Gasteiger charge is -2.26. The van der Waals surface area contributed by atoms with Gasteiger partial charge in [0.15, 0.2) is 5.82 Å². The number of benzene rings is 1. The molecule has 22 heavy (non-hydrogen) atoms. The van der Waals surface area contributed by atoms with Crippen LogP contribution in [0.5, 0.6) is 0 Å². The third kappa shape index (κ3) is 1.43. The predicted octanol–water partition coefficient (Wildman–Crippen LogP) is -0.0324. The van der Waals surface area contributed by atoms with Crippen LogP contribution in [0.2, 0.25) is 0 Å². The van der Waals surface area contributed by atoms with E-state index in [1.54, 1.807) is 11.2 Å². The molecule has 7 heteroatoms. The molecule has 2 aromatic rings. The summed E-state index contributed by atoms with van der Waals surface area (Å²) in [5.74, 6) is 0.611. The lowest BCUT2D eigenvalue weighted by molar-refractivity contribution is 0.363. The summed E-state index contributed by atoms with van der Waals surface area (Å²) in [5, 5.41) is 8.43. The summed E-state index contributed by atoms with van der Waals surface area (Å²) in [6, 6.07) is 11.5. The second-order valence-electron chi connectivity index (χ2n) is 5.01. The van der Waals surface area contributed by atoms with Crippen LogP contribution in [-0.2, 0) is 10.8 Å². The summed E-state index contributed by atoms with van der Waals surface area (Å²) in [6.45, 7) is 0. The Morgan fingerprint density at radius 1 is 1.14 bits per heavy atom. The highest BCUT2D eigenvalue weighted by atomic mass is 32.2. The van der Waals surface area contributed by atoms with E-state index in [-0.39, 0.29) is 0 Å². The van der Waals surface area contributed by atoms with Crippen molar-refractivity contribution in [1.29, 1.82) is 0 Å². The Bertz CT molecular complexity index is 1040. The standard InChI is InChI=1S/C15H9N5OS/c21-22-13-12(10-5-3-7-16-15(10)22)18-19-20-8-9-4-1-2-6-11(9)17-14(13)20/h1-8,19H. The molecule has 0 fully saturated rings. The topological polar surface area (TPSA) is 70.0 Å². The van der Waals surface area contributed by atoms with Crippen molar-refractivity contribution in [3.8, 4) is 0 Å². The van der Waals surface area contributed by atoms with Crippen LogP contribution in [0.3, 0.4) is 0 Å². The molecular formula is C15H9N5OS. The van der Waals surface area contributed by atoms with Crippen molar-refractivity contribution in [3.05, 3.63) is 69.5 Å². The molecule has 0 saturated carbocycles. The highest BCUT2D eigenvalue weighted by Crippen LogP contribution is 2.34. The summed E-state index contributed by atoms with van der Waals surface area (Å²) in [4.78, 5) is 9.50. The van der Waals surface area contributed by atoms with E-state index in [9.17, 15) is 4.21 Å². The van der Waals surface area contributed by atoms with E-state index in [1.165, 1.54) is 0 Å². The Kier molecular flexibility index (Phi) is 2.21. The molecule has 1 aromatic carbocycles.